The van der Waals surface area contributed by atoms with Crippen LogP contribution >= 0.6 is 11.3 Å². The lowest BCUT2D eigenvalue weighted by molar-refractivity contribution is 0.693. The highest BCUT2D eigenvalue weighted by atomic mass is 32.1. The molecule has 0 bridgehead atoms. The van der Waals surface area contributed by atoms with Crippen LogP contribution in [0.3, 0.4) is 0 Å². The Labute approximate surface area is 107 Å². The van der Waals surface area contributed by atoms with Crippen LogP contribution in [0.25, 0.3) is 0 Å². The number of hydrogen-bond acceptors (Lipinski definition) is 3. The highest BCUT2D eigenvalue weighted by molar-refractivity contribution is 7.09. The molecule has 0 spiro atoms. The van der Waals surface area contributed by atoms with Crippen molar-refractivity contribution >= 4 is 11.3 Å². The SMILES string of the molecule is CCCc1nc(Cn2ccnc2CCC)cs1. The molecule has 0 aliphatic rings. The van der Waals surface area contributed by atoms with E-state index in [1.54, 1.807) is 11.3 Å². The van der Waals surface area contributed by atoms with E-state index in [2.05, 4.69) is 33.8 Å². The largest absolute Gasteiger partial charge is 0.329 e. The predicted molar refractivity (Wildman–Crippen MR) is 71.4 cm³/mol. The number of rotatable bonds is 6. The molecular weight excluding hydrogens is 230 g/mol. The fourth-order valence-corrected chi connectivity index (χ4v) is 2.75. The van der Waals surface area contributed by atoms with Crippen molar-refractivity contribution in [3.05, 3.63) is 34.3 Å². The van der Waals surface area contributed by atoms with Crippen LogP contribution in [-0.4, -0.2) is 14.5 Å². The first-order valence-electron chi connectivity index (χ1n) is 6.26. The fraction of sp³-hybridized carbons (Fsp3) is 0.538. The summed E-state index contributed by atoms with van der Waals surface area (Å²) in [5.74, 6) is 1.16. The van der Waals surface area contributed by atoms with Crippen LogP contribution in [-0.2, 0) is 19.4 Å². The Bertz CT molecular complexity index is 459. The summed E-state index contributed by atoms with van der Waals surface area (Å²) in [6.45, 7) is 5.23. The van der Waals surface area contributed by atoms with E-state index in [-0.39, 0.29) is 0 Å². The number of hydrogen-bond donors (Lipinski definition) is 0. The molecule has 0 aromatic carbocycles. The second-order valence-corrected chi connectivity index (χ2v) is 5.15. The minimum absolute atomic E-state index is 0.857. The summed E-state index contributed by atoms with van der Waals surface area (Å²) < 4.78 is 2.20. The van der Waals surface area contributed by atoms with Gasteiger partial charge < -0.3 is 4.57 Å². The second kappa shape index (κ2) is 5.96. The van der Waals surface area contributed by atoms with Crippen molar-refractivity contribution < 1.29 is 0 Å². The van der Waals surface area contributed by atoms with E-state index in [1.165, 1.54) is 11.4 Å². The molecule has 0 fully saturated rings. The molecule has 2 heterocycles. The zero-order valence-electron chi connectivity index (χ0n) is 10.5. The van der Waals surface area contributed by atoms with E-state index >= 15 is 0 Å². The first-order chi connectivity index (χ1) is 8.33. The molecule has 0 atom stereocenters. The van der Waals surface area contributed by atoms with Crippen molar-refractivity contribution in [1.82, 2.24) is 14.5 Å². The molecule has 2 rings (SSSR count). The minimum atomic E-state index is 0.857. The Balaban J connectivity index is 2.05. The summed E-state index contributed by atoms with van der Waals surface area (Å²) >= 11 is 1.77. The van der Waals surface area contributed by atoms with Gasteiger partial charge in [0.1, 0.15) is 5.82 Å². The third-order valence-electron chi connectivity index (χ3n) is 2.67. The number of aromatic nitrogens is 3. The Kier molecular flexibility index (Phi) is 4.31. The maximum absolute atomic E-state index is 4.65. The van der Waals surface area contributed by atoms with Crippen molar-refractivity contribution in [3.63, 3.8) is 0 Å². The van der Waals surface area contributed by atoms with Gasteiger partial charge in [0.05, 0.1) is 17.2 Å². The van der Waals surface area contributed by atoms with E-state index in [1.807, 2.05) is 12.4 Å². The molecule has 0 radical (unpaired) electrons. The van der Waals surface area contributed by atoms with Gasteiger partial charge in [-0.3, -0.25) is 0 Å². The average Bonchev–Trinajstić information content (AvgIpc) is 2.91. The van der Waals surface area contributed by atoms with Gasteiger partial charge >= 0.3 is 0 Å². The topological polar surface area (TPSA) is 30.7 Å². The maximum Gasteiger partial charge on any atom is 0.108 e. The molecule has 3 nitrogen and oxygen atoms in total. The van der Waals surface area contributed by atoms with Gasteiger partial charge in [-0.1, -0.05) is 13.8 Å². The van der Waals surface area contributed by atoms with Crippen molar-refractivity contribution in [2.75, 3.05) is 0 Å². The molecular formula is C13H19N3S. The molecule has 0 aliphatic heterocycles. The monoisotopic (exact) mass is 249 g/mol. The quantitative estimate of drug-likeness (QED) is 0.786. The standard InChI is InChI=1S/C13H19N3S/c1-3-5-12-14-7-8-16(12)9-11-10-17-13(15-11)6-4-2/h7-8,10H,3-6,9H2,1-2H3. The molecule has 0 amide bonds. The lowest BCUT2D eigenvalue weighted by Gasteiger charge is -2.04. The van der Waals surface area contributed by atoms with Gasteiger partial charge in [0.15, 0.2) is 0 Å². The molecule has 17 heavy (non-hydrogen) atoms. The Hall–Kier alpha value is -1.16. The molecule has 2 aromatic rings. The molecule has 0 unspecified atom stereocenters. The van der Waals surface area contributed by atoms with Crippen molar-refractivity contribution in [2.45, 2.75) is 46.1 Å². The van der Waals surface area contributed by atoms with E-state index in [0.717, 1.165) is 37.3 Å². The molecule has 2 aromatic heterocycles. The Morgan fingerprint density at radius 3 is 2.82 bits per heavy atom. The zero-order valence-corrected chi connectivity index (χ0v) is 11.3. The minimum Gasteiger partial charge on any atom is -0.329 e. The van der Waals surface area contributed by atoms with Crippen molar-refractivity contribution in [2.24, 2.45) is 0 Å². The van der Waals surface area contributed by atoms with Crippen molar-refractivity contribution in [3.8, 4) is 0 Å². The average molecular weight is 249 g/mol. The van der Waals surface area contributed by atoms with Gasteiger partial charge in [0.25, 0.3) is 0 Å². The lowest BCUT2D eigenvalue weighted by atomic mass is 10.3. The lowest BCUT2D eigenvalue weighted by Crippen LogP contribution is -2.04. The van der Waals surface area contributed by atoms with Crippen LogP contribution < -0.4 is 0 Å². The van der Waals surface area contributed by atoms with Gasteiger partial charge in [0, 0.05) is 24.2 Å². The van der Waals surface area contributed by atoms with Crippen LogP contribution in [0.1, 0.15) is 43.2 Å². The highest BCUT2D eigenvalue weighted by Crippen LogP contribution is 2.13. The molecule has 0 saturated heterocycles. The molecule has 4 heteroatoms. The van der Waals surface area contributed by atoms with Gasteiger partial charge in [-0.2, -0.15) is 0 Å². The number of nitrogens with zero attached hydrogens (tertiary/aromatic N) is 3. The van der Waals surface area contributed by atoms with E-state index in [9.17, 15) is 0 Å². The molecule has 92 valence electrons. The molecule has 0 N–H and O–H groups in total. The van der Waals surface area contributed by atoms with Crippen molar-refractivity contribution in [1.29, 1.82) is 0 Å². The third-order valence-corrected chi connectivity index (χ3v) is 3.63. The van der Waals surface area contributed by atoms with Gasteiger partial charge in [-0.05, 0) is 19.3 Å². The summed E-state index contributed by atoms with van der Waals surface area (Å²) in [6.07, 6.45) is 8.36. The molecule has 0 aliphatic carbocycles. The first-order valence-corrected chi connectivity index (χ1v) is 7.14. The number of thiazole rings is 1. The van der Waals surface area contributed by atoms with Gasteiger partial charge in [-0.25, -0.2) is 9.97 Å². The number of aryl methyl sites for hydroxylation is 2. The normalized spacial score (nSPS) is 10.9. The summed E-state index contributed by atoms with van der Waals surface area (Å²) in [4.78, 5) is 9.03. The maximum atomic E-state index is 4.65. The van der Waals surface area contributed by atoms with E-state index in [4.69, 9.17) is 0 Å². The van der Waals surface area contributed by atoms with Crippen LogP contribution in [0.2, 0.25) is 0 Å². The first kappa shape index (κ1) is 12.3. The summed E-state index contributed by atoms with van der Waals surface area (Å²) in [5.41, 5.74) is 1.16. The Morgan fingerprint density at radius 1 is 1.24 bits per heavy atom. The molecule has 0 saturated carbocycles. The van der Waals surface area contributed by atoms with E-state index < -0.39 is 0 Å². The third kappa shape index (κ3) is 3.16. The van der Waals surface area contributed by atoms with E-state index in [0.29, 0.717) is 0 Å². The second-order valence-electron chi connectivity index (χ2n) is 4.20. The van der Waals surface area contributed by atoms with Crippen LogP contribution in [0.4, 0.5) is 0 Å². The smallest absolute Gasteiger partial charge is 0.108 e. The van der Waals surface area contributed by atoms with Crippen LogP contribution in [0, 0.1) is 0 Å². The summed E-state index contributed by atoms with van der Waals surface area (Å²) in [7, 11) is 0. The predicted octanol–water partition coefficient (Wildman–Crippen LogP) is 3.29. The van der Waals surface area contributed by atoms with Crippen LogP contribution in [0.5, 0.6) is 0 Å². The van der Waals surface area contributed by atoms with Gasteiger partial charge in [0.2, 0.25) is 0 Å². The number of imidazole rings is 1. The van der Waals surface area contributed by atoms with Crippen LogP contribution in [0.15, 0.2) is 17.8 Å². The summed E-state index contributed by atoms with van der Waals surface area (Å²) in [5, 5.41) is 3.42. The Morgan fingerprint density at radius 2 is 2.06 bits per heavy atom. The summed E-state index contributed by atoms with van der Waals surface area (Å²) in [6, 6.07) is 0. The zero-order chi connectivity index (χ0) is 12.1. The fourth-order valence-electron chi connectivity index (χ4n) is 1.86. The highest BCUT2D eigenvalue weighted by Gasteiger charge is 2.05. The van der Waals surface area contributed by atoms with Gasteiger partial charge in [-0.15, -0.1) is 11.3 Å².